The summed E-state index contributed by atoms with van der Waals surface area (Å²) in [6.45, 7) is 3.89. The van der Waals surface area contributed by atoms with Crippen LogP contribution in [0.25, 0.3) is 0 Å². The molecule has 9 heteroatoms. The van der Waals surface area contributed by atoms with Gasteiger partial charge < -0.3 is 19.5 Å². The number of hydrogen-bond donors (Lipinski definition) is 2. The molecule has 0 aromatic heterocycles. The lowest BCUT2D eigenvalue weighted by molar-refractivity contribution is -0.118. The van der Waals surface area contributed by atoms with E-state index in [-0.39, 0.29) is 23.3 Å². The van der Waals surface area contributed by atoms with Gasteiger partial charge >= 0.3 is 0 Å². The van der Waals surface area contributed by atoms with Crippen LogP contribution >= 0.6 is 11.6 Å². The molecule has 0 heterocycles. The minimum absolute atomic E-state index is 0.236. The number of nitrogens with one attached hydrogen (secondary N) is 2. The van der Waals surface area contributed by atoms with Crippen LogP contribution in [0, 0.1) is 6.92 Å². The number of benzene rings is 3. The fourth-order valence-corrected chi connectivity index (χ4v) is 3.31. The van der Waals surface area contributed by atoms with E-state index in [1.165, 1.54) is 13.3 Å². The van der Waals surface area contributed by atoms with E-state index in [0.717, 1.165) is 5.56 Å². The summed E-state index contributed by atoms with van der Waals surface area (Å²) in [6, 6.07) is 17.4. The summed E-state index contributed by atoms with van der Waals surface area (Å²) < 4.78 is 16.4. The van der Waals surface area contributed by atoms with Gasteiger partial charge in [0, 0.05) is 11.3 Å². The first kappa shape index (κ1) is 25.6. The van der Waals surface area contributed by atoms with Crippen LogP contribution in [0.4, 0.5) is 5.69 Å². The molecule has 35 heavy (non-hydrogen) atoms. The smallest absolute Gasteiger partial charge is 0.271 e. The van der Waals surface area contributed by atoms with Gasteiger partial charge in [-0.25, -0.2) is 5.43 Å². The lowest BCUT2D eigenvalue weighted by Crippen LogP contribution is -2.20. The molecule has 3 rings (SSSR count). The molecule has 0 saturated heterocycles. The predicted octanol–water partition coefficient (Wildman–Crippen LogP) is 4.84. The number of hydrogen-bond acceptors (Lipinski definition) is 6. The third-order valence-electron chi connectivity index (χ3n) is 4.73. The van der Waals surface area contributed by atoms with Crippen molar-refractivity contribution in [1.82, 2.24) is 5.43 Å². The van der Waals surface area contributed by atoms with Gasteiger partial charge in [-0.1, -0.05) is 35.4 Å². The average molecular weight is 496 g/mol. The highest BCUT2D eigenvalue weighted by molar-refractivity contribution is 6.32. The van der Waals surface area contributed by atoms with E-state index in [4.69, 9.17) is 25.8 Å². The fraction of sp³-hybridized carbons (Fsp3) is 0.192. The number of carbonyl (C=O) groups is 2. The Kier molecular flexibility index (Phi) is 9.09. The van der Waals surface area contributed by atoms with E-state index in [9.17, 15) is 9.59 Å². The fourth-order valence-electron chi connectivity index (χ4n) is 3.03. The van der Waals surface area contributed by atoms with Crippen molar-refractivity contribution >= 4 is 35.3 Å². The number of ether oxygens (including phenoxy) is 3. The third-order valence-corrected chi connectivity index (χ3v) is 5.01. The van der Waals surface area contributed by atoms with E-state index in [1.807, 2.05) is 38.1 Å². The van der Waals surface area contributed by atoms with Gasteiger partial charge in [-0.05, 0) is 61.9 Å². The van der Waals surface area contributed by atoms with Gasteiger partial charge in [-0.2, -0.15) is 5.10 Å². The maximum absolute atomic E-state index is 12.3. The molecular formula is C26H26ClN3O5. The molecule has 0 spiro atoms. The largest absolute Gasteiger partial charge is 0.497 e. The molecule has 0 aliphatic carbocycles. The quantitative estimate of drug-likeness (QED) is 0.310. The lowest BCUT2D eigenvalue weighted by Gasteiger charge is -2.14. The number of rotatable bonds is 10. The first-order valence-corrected chi connectivity index (χ1v) is 11.2. The van der Waals surface area contributed by atoms with Crippen molar-refractivity contribution in [2.45, 2.75) is 13.8 Å². The lowest BCUT2D eigenvalue weighted by atomic mass is 10.2. The van der Waals surface area contributed by atoms with Crippen LogP contribution in [0.2, 0.25) is 5.02 Å². The van der Waals surface area contributed by atoms with E-state index < -0.39 is 5.91 Å². The Hall–Kier alpha value is -4.04. The zero-order valence-electron chi connectivity index (χ0n) is 19.6. The van der Waals surface area contributed by atoms with Gasteiger partial charge in [0.2, 0.25) is 0 Å². The number of methoxy groups -OCH3 is 1. The molecule has 0 aliphatic rings. The van der Waals surface area contributed by atoms with Gasteiger partial charge in [0.1, 0.15) is 5.75 Å². The van der Waals surface area contributed by atoms with Gasteiger partial charge in [0.15, 0.2) is 18.1 Å². The highest BCUT2D eigenvalue weighted by Crippen LogP contribution is 2.36. The molecule has 182 valence electrons. The van der Waals surface area contributed by atoms with Crippen LogP contribution in [-0.4, -0.2) is 38.4 Å². The van der Waals surface area contributed by atoms with Gasteiger partial charge in [0.05, 0.1) is 25.0 Å². The summed E-state index contributed by atoms with van der Waals surface area (Å²) in [5.41, 5.74) is 5.20. The first-order valence-electron chi connectivity index (χ1n) is 10.8. The summed E-state index contributed by atoms with van der Waals surface area (Å²) in [4.78, 5) is 24.6. The van der Waals surface area contributed by atoms with E-state index in [1.54, 1.807) is 36.4 Å². The standard InChI is InChI=1S/C26H26ClN3O5/c1-4-34-23-13-18(15-28-30-26(32)19-6-5-7-21(14-19)33-3)12-22(27)25(23)35-16-24(31)29-20-10-8-17(2)9-11-20/h5-15H,4,16H2,1-3H3,(H,29,31)(H,30,32)/b28-15+. The van der Waals surface area contributed by atoms with Crippen molar-refractivity contribution < 1.29 is 23.8 Å². The van der Waals surface area contributed by atoms with Crippen LogP contribution in [0.5, 0.6) is 17.2 Å². The number of hydrazone groups is 1. The second-order valence-electron chi connectivity index (χ2n) is 7.40. The second-order valence-corrected chi connectivity index (χ2v) is 7.80. The Morgan fingerprint density at radius 1 is 1.06 bits per heavy atom. The van der Waals surface area contributed by atoms with Crippen molar-refractivity contribution in [2.24, 2.45) is 5.10 Å². The molecule has 0 aliphatic heterocycles. The molecule has 8 nitrogen and oxygen atoms in total. The molecular weight excluding hydrogens is 470 g/mol. The molecule has 0 bridgehead atoms. The summed E-state index contributed by atoms with van der Waals surface area (Å²) in [5.74, 6) is 0.431. The Labute approximate surface area is 208 Å². The monoisotopic (exact) mass is 495 g/mol. The maximum atomic E-state index is 12.3. The van der Waals surface area contributed by atoms with Crippen molar-refractivity contribution in [3.05, 3.63) is 82.4 Å². The summed E-state index contributed by atoms with van der Waals surface area (Å²) in [5, 5.41) is 6.99. The minimum Gasteiger partial charge on any atom is -0.497 e. The molecule has 0 saturated carbocycles. The molecule has 2 amide bonds. The molecule has 0 unspecified atom stereocenters. The number of anilines is 1. The number of nitrogens with zero attached hydrogens (tertiary/aromatic N) is 1. The molecule has 0 fully saturated rings. The number of amides is 2. The average Bonchev–Trinajstić information content (AvgIpc) is 2.85. The van der Waals surface area contributed by atoms with Crippen molar-refractivity contribution in [3.8, 4) is 17.2 Å². The first-order chi connectivity index (χ1) is 16.9. The Morgan fingerprint density at radius 2 is 1.83 bits per heavy atom. The summed E-state index contributed by atoms with van der Waals surface area (Å²) in [6.07, 6.45) is 1.43. The van der Waals surface area contributed by atoms with Crippen molar-refractivity contribution in [1.29, 1.82) is 0 Å². The van der Waals surface area contributed by atoms with Crippen LogP contribution in [0.15, 0.2) is 65.8 Å². The topological polar surface area (TPSA) is 98.2 Å². The Morgan fingerprint density at radius 3 is 2.54 bits per heavy atom. The number of halogens is 1. The van der Waals surface area contributed by atoms with Gasteiger partial charge in [-0.3, -0.25) is 9.59 Å². The zero-order valence-corrected chi connectivity index (χ0v) is 20.4. The Bertz CT molecular complexity index is 1210. The summed E-state index contributed by atoms with van der Waals surface area (Å²) >= 11 is 6.40. The highest BCUT2D eigenvalue weighted by Gasteiger charge is 2.14. The van der Waals surface area contributed by atoms with Crippen molar-refractivity contribution in [3.63, 3.8) is 0 Å². The normalized spacial score (nSPS) is 10.6. The molecule has 3 aromatic carbocycles. The van der Waals surface area contributed by atoms with Crippen LogP contribution in [-0.2, 0) is 4.79 Å². The molecule has 0 atom stereocenters. The Balaban J connectivity index is 1.65. The van der Waals surface area contributed by atoms with Gasteiger partial charge in [0.25, 0.3) is 11.8 Å². The molecule has 2 N–H and O–H groups in total. The van der Waals surface area contributed by atoms with Crippen LogP contribution in [0.3, 0.4) is 0 Å². The SMILES string of the molecule is CCOc1cc(/C=N/NC(=O)c2cccc(OC)c2)cc(Cl)c1OCC(=O)Nc1ccc(C)cc1. The number of carbonyl (C=O) groups excluding carboxylic acids is 2. The predicted molar refractivity (Wildman–Crippen MR) is 136 cm³/mol. The minimum atomic E-state index is -0.393. The van der Waals surface area contributed by atoms with Gasteiger partial charge in [-0.15, -0.1) is 0 Å². The van der Waals surface area contributed by atoms with Crippen molar-refractivity contribution in [2.75, 3.05) is 25.6 Å². The number of aryl methyl sites for hydroxylation is 1. The van der Waals surface area contributed by atoms with Crippen LogP contribution < -0.4 is 25.0 Å². The maximum Gasteiger partial charge on any atom is 0.271 e. The third kappa shape index (κ3) is 7.48. The summed E-state index contributed by atoms with van der Waals surface area (Å²) in [7, 11) is 1.53. The zero-order chi connectivity index (χ0) is 25.2. The highest BCUT2D eigenvalue weighted by atomic mass is 35.5. The second kappa shape index (κ2) is 12.4. The molecule has 0 radical (unpaired) electrons. The molecule has 3 aromatic rings. The van der Waals surface area contributed by atoms with E-state index >= 15 is 0 Å². The van der Waals surface area contributed by atoms with Crippen LogP contribution in [0.1, 0.15) is 28.4 Å². The van der Waals surface area contributed by atoms with E-state index in [0.29, 0.717) is 34.9 Å². The van der Waals surface area contributed by atoms with E-state index in [2.05, 4.69) is 15.8 Å².